The molecule has 1 fully saturated rings. The summed E-state index contributed by atoms with van der Waals surface area (Å²) in [4.78, 5) is 12.8. The fraction of sp³-hybridized carbons (Fsp3) is 0.286. The van der Waals surface area contributed by atoms with Crippen molar-refractivity contribution in [3.63, 3.8) is 0 Å². The standard InChI is InChI=1S/C21H21NO4/c1-24-16-10-8-14(9-11-16)19(13-6-7-13)22-21(23)18-12-15-4-3-5-17(25-2)20(15)26-18/h3-5,8-13,19H,6-7H2,1-2H3,(H,22,23). The molecule has 0 radical (unpaired) electrons. The highest BCUT2D eigenvalue weighted by Crippen LogP contribution is 2.41. The zero-order valence-electron chi connectivity index (χ0n) is 14.8. The van der Waals surface area contributed by atoms with Crippen molar-refractivity contribution >= 4 is 16.9 Å². The van der Waals surface area contributed by atoms with E-state index >= 15 is 0 Å². The van der Waals surface area contributed by atoms with Crippen LogP contribution in [0.1, 0.15) is 35.0 Å². The van der Waals surface area contributed by atoms with E-state index in [2.05, 4.69) is 5.32 Å². The molecule has 1 aliphatic rings. The fourth-order valence-electron chi connectivity index (χ4n) is 3.24. The number of carbonyl (C=O) groups excluding carboxylic acids is 1. The van der Waals surface area contributed by atoms with Gasteiger partial charge >= 0.3 is 0 Å². The van der Waals surface area contributed by atoms with Crippen LogP contribution in [-0.4, -0.2) is 20.1 Å². The molecule has 5 nitrogen and oxygen atoms in total. The van der Waals surface area contributed by atoms with Crippen molar-refractivity contribution in [2.24, 2.45) is 5.92 Å². The van der Waals surface area contributed by atoms with Gasteiger partial charge in [-0.15, -0.1) is 0 Å². The van der Waals surface area contributed by atoms with E-state index in [0.717, 1.165) is 29.5 Å². The minimum absolute atomic E-state index is 0.0245. The molecule has 4 rings (SSSR count). The number of benzene rings is 2. The second-order valence-corrected chi connectivity index (χ2v) is 6.55. The van der Waals surface area contributed by atoms with E-state index in [1.165, 1.54) is 0 Å². The Balaban J connectivity index is 1.58. The van der Waals surface area contributed by atoms with Gasteiger partial charge < -0.3 is 19.2 Å². The largest absolute Gasteiger partial charge is 0.497 e. The molecule has 1 unspecified atom stereocenters. The first-order chi connectivity index (χ1) is 12.7. The lowest BCUT2D eigenvalue weighted by Gasteiger charge is -2.18. The Kier molecular flexibility index (Phi) is 4.29. The van der Waals surface area contributed by atoms with Gasteiger partial charge in [-0.2, -0.15) is 0 Å². The van der Waals surface area contributed by atoms with Gasteiger partial charge in [0.2, 0.25) is 0 Å². The molecule has 1 atom stereocenters. The maximum Gasteiger partial charge on any atom is 0.287 e. The van der Waals surface area contributed by atoms with Gasteiger partial charge in [0.15, 0.2) is 17.1 Å². The first kappa shape index (κ1) is 16.5. The van der Waals surface area contributed by atoms with Crippen LogP contribution < -0.4 is 14.8 Å². The first-order valence-corrected chi connectivity index (χ1v) is 8.71. The summed E-state index contributed by atoms with van der Waals surface area (Å²) in [5.41, 5.74) is 1.67. The lowest BCUT2D eigenvalue weighted by molar-refractivity contribution is 0.0905. The van der Waals surface area contributed by atoms with Crippen LogP contribution >= 0.6 is 0 Å². The molecule has 5 heteroatoms. The molecule has 3 aromatic rings. The molecular formula is C21H21NO4. The fourth-order valence-corrected chi connectivity index (χ4v) is 3.24. The molecule has 1 amide bonds. The summed E-state index contributed by atoms with van der Waals surface area (Å²) >= 11 is 0. The van der Waals surface area contributed by atoms with Crippen LogP contribution in [-0.2, 0) is 0 Å². The monoisotopic (exact) mass is 351 g/mol. The van der Waals surface area contributed by atoms with Gasteiger partial charge in [-0.05, 0) is 48.6 Å². The summed E-state index contributed by atoms with van der Waals surface area (Å²) in [6.45, 7) is 0. The average molecular weight is 351 g/mol. The van der Waals surface area contributed by atoms with E-state index < -0.39 is 0 Å². The Bertz CT molecular complexity index is 925. The Morgan fingerprint density at radius 3 is 2.54 bits per heavy atom. The quantitative estimate of drug-likeness (QED) is 0.718. The highest BCUT2D eigenvalue weighted by Gasteiger charge is 2.34. The summed E-state index contributed by atoms with van der Waals surface area (Å²) in [7, 11) is 3.23. The van der Waals surface area contributed by atoms with Gasteiger partial charge in [-0.1, -0.05) is 24.3 Å². The summed E-state index contributed by atoms with van der Waals surface area (Å²) in [6.07, 6.45) is 2.23. The Morgan fingerprint density at radius 2 is 1.88 bits per heavy atom. The van der Waals surface area contributed by atoms with Crippen LogP contribution in [0.3, 0.4) is 0 Å². The first-order valence-electron chi connectivity index (χ1n) is 8.71. The van der Waals surface area contributed by atoms with Crippen LogP contribution in [0, 0.1) is 5.92 Å². The Morgan fingerprint density at radius 1 is 1.12 bits per heavy atom. The molecule has 1 heterocycles. The molecule has 0 spiro atoms. The van der Waals surface area contributed by atoms with Crippen molar-refractivity contribution in [3.8, 4) is 11.5 Å². The molecule has 134 valence electrons. The smallest absolute Gasteiger partial charge is 0.287 e. The number of ether oxygens (including phenoxy) is 2. The van der Waals surface area contributed by atoms with Crippen molar-refractivity contribution in [2.75, 3.05) is 14.2 Å². The number of amides is 1. The number of fused-ring (bicyclic) bond motifs is 1. The number of rotatable bonds is 6. The second-order valence-electron chi connectivity index (χ2n) is 6.55. The second kappa shape index (κ2) is 6.75. The molecule has 0 aliphatic heterocycles. The highest BCUT2D eigenvalue weighted by atomic mass is 16.5. The van der Waals surface area contributed by atoms with Crippen molar-refractivity contribution in [1.82, 2.24) is 5.32 Å². The third-order valence-electron chi connectivity index (χ3n) is 4.81. The molecular weight excluding hydrogens is 330 g/mol. The maximum absolute atomic E-state index is 12.8. The van der Waals surface area contributed by atoms with E-state index in [1.807, 2.05) is 42.5 Å². The highest BCUT2D eigenvalue weighted by molar-refractivity contribution is 5.97. The topological polar surface area (TPSA) is 60.7 Å². The van der Waals surface area contributed by atoms with Gasteiger partial charge in [0.1, 0.15) is 5.75 Å². The van der Waals surface area contributed by atoms with E-state index in [0.29, 0.717) is 23.0 Å². The van der Waals surface area contributed by atoms with Crippen LogP contribution in [0.5, 0.6) is 11.5 Å². The average Bonchev–Trinajstić information content (AvgIpc) is 3.42. The maximum atomic E-state index is 12.8. The van der Waals surface area contributed by atoms with Crippen molar-refractivity contribution in [1.29, 1.82) is 0 Å². The van der Waals surface area contributed by atoms with Crippen molar-refractivity contribution < 1.29 is 18.7 Å². The minimum atomic E-state index is -0.212. The van der Waals surface area contributed by atoms with E-state index in [4.69, 9.17) is 13.9 Å². The van der Waals surface area contributed by atoms with Crippen LogP contribution in [0.15, 0.2) is 52.9 Å². The Hall–Kier alpha value is -2.95. The van der Waals surface area contributed by atoms with Crippen LogP contribution in [0.4, 0.5) is 0 Å². The molecule has 1 N–H and O–H groups in total. The van der Waals surface area contributed by atoms with Gasteiger partial charge in [-0.3, -0.25) is 4.79 Å². The molecule has 1 aliphatic carbocycles. The normalized spacial score (nSPS) is 14.8. The van der Waals surface area contributed by atoms with E-state index in [-0.39, 0.29) is 11.9 Å². The third kappa shape index (κ3) is 3.12. The van der Waals surface area contributed by atoms with Gasteiger partial charge in [-0.25, -0.2) is 0 Å². The summed E-state index contributed by atoms with van der Waals surface area (Å²) in [5, 5.41) is 3.98. The number of methoxy groups -OCH3 is 2. The van der Waals surface area contributed by atoms with E-state index in [1.54, 1.807) is 20.3 Å². The molecule has 0 bridgehead atoms. The number of carbonyl (C=O) groups is 1. The lowest BCUT2D eigenvalue weighted by Crippen LogP contribution is -2.29. The van der Waals surface area contributed by atoms with Crippen molar-refractivity contribution in [3.05, 3.63) is 59.9 Å². The molecule has 2 aromatic carbocycles. The SMILES string of the molecule is COc1ccc(C(NC(=O)c2cc3cccc(OC)c3o2)C2CC2)cc1. The van der Waals surface area contributed by atoms with Crippen LogP contribution in [0.25, 0.3) is 11.0 Å². The summed E-state index contributed by atoms with van der Waals surface area (Å²) < 4.78 is 16.3. The molecule has 1 saturated carbocycles. The number of hydrogen-bond acceptors (Lipinski definition) is 4. The number of furan rings is 1. The minimum Gasteiger partial charge on any atom is -0.497 e. The Labute approximate surface area is 151 Å². The predicted octanol–water partition coefficient (Wildman–Crippen LogP) is 4.33. The van der Waals surface area contributed by atoms with Crippen molar-refractivity contribution in [2.45, 2.75) is 18.9 Å². The molecule has 0 saturated heterocycles. The zero-order chi connectivity index (χ0) is 18.1. The summed E-state index contributed by atoms with van der Waals surface area (Å²) in [5.74, 6) is 1.97. The van der Waals surface area contributed by atoms with Crippen LogP contribution in [0.2, 0.25) is 0 Å². The summed E-state index contributed by atoms with van der Waals surface area (Å²) in [6, 6.07) is 15.2. The molecule has 1 aromatic heterocycles. The van der Waals surface area contributed by atoms with Gasteiger partial charge in [0.05, 0.1) is 20.3 Å². The predicted molar refractivity (Wildman–Crippen MR) is 98.7 cm³/mol. The zero-order valence-corrected chi connectivity index (χ0v) is 14.8. The molecule has 26 heavy (non-hydrogen) atoms. The number of hydrogen-bond donors (Lipinski definition) is 1. The number of nitrogens with one attached hydrogen (secondary N) is 1. The third-order valence-corrected chi connectivity index (χ3v) is 4.81. The van der Waals surface area contributed by atoms with Gasteiger partial charge in [0, 0.05) is 5.39 Å². The van der Waals surface area contributed by atoms with Gasteiger partial charge in [0.25, 0.3) is 5.91 Å². The number of para-hydroxylation sites is 1. The van der Waals surface area contributed by atoms with E-state index in [9.17, 15) is 4.79 Å². The lowest BCUT2D eigenvalue weighted by atomic mass is 10.0.